The molecule has 1 N–H and O–H groups in total. The lowest BCUT2D eigenvalue weighted by Gasteiger charge is -2.29. The zero-order valence-corrected chi connectivity index (χ0v) is 12.9. The summed E-state index contributed by atoms with van der Waals surface area (Å²) < 4.78 is 1.01. The van der Waals surface area contributed by atoms with Crippen molar-refractivity contribution in [2.24, 2.45) is 0 Å². The molecule has 0 atom stereocenters. The summed E-state index contributed by atoms with van der Waals surface area (Å²) in [6.07, 6.45) is 0.324. The number of carbonyl (C=O) groups excluding carboxylic acids is 2. The highest BCUT2D eigenvalue weighted by atomic mass is 79.9. The molecule has 102 valence electrons. The number of hydrogen-bond acceptors (Lipinski definition) is 2. The van der Waals surface area contributed by atoms with Crippen molar-refractivity contribution in [3.8, 4) is 0 Å². The normalized spacial score (nSPS) is 19.1. The lowest BCUT2D eigenvalue weighted by atomic mass is 10.0. The van der Waals surface area contributed by atoms with Crippen LogP contribution in [0.25, 0.3) is 0 Å². The highest BCUT2D eigenvalue weighted by molar-refractivity contribution is 9.10. The van der Waals surface area contributed by atoms with Gasteiger partial charge in [0.05, 0.1) is 0 Å². The number of benzene rings is 1. The number of aryl methyl sites for hydroxylation is 1. The van der Waals surface area contributed by atoms with Crippen LogP contribution in [0.4, 0.5) is 5.69 Å². The first-order valence-corrected chi connectivity index (χ1v) is 7.00. The van der Waals surface area contributed by atoms with Crippen LogP contribution in [0.5, 0.6) is 0 Å². The van der Waals surface area contributed by atoms with Crippen molar-refractivity contribution in [2.75, 3.05) is 11.4 Å². The maximum absolute atomic E-state index is 12.5. The minimum absolute atomic E-state index is 0.0833. The van der Waals surface area contributed by atoms with Crippen molar-refractivity contribution >= 4 is 33.4 Å². The van der Waals surface area contributed by atoms with E-state index >= 15 is 0 Å². The third kappa shape index (κ3) is 2.81. The number of amides is 2. The Morgan fingerprint density at radius 3 is 2.63 bits per heavy atom. The molecule has 1 aliphatic heterocycles. The van der Waals surface area contributed by atoms with Gasteiger partial charge in [-0.15, -0.1) is 0 Å². The summed E-state index contributed by atoms with van der Waals surface area (Å²) in [6.45, 7) is 5.86. The monoisotopic (exact) mass is 324 g/mol. The van der Waals surface area contributed by atoms with Gasteiger partial charge in [0, 0.05) is 23.1 Å². The summed E-state index contributed by atoms with van der Waals surface area (Å²) in [5.74, 6) is -0.172. The van der Waals surface area contributed by atoms with Crippen LogP contribution in [0.1, 0.15) is 25.8 Å². The molecule has 0 bridgehead atoms. The average Bonchev–Trinajstić information content (AvgIpc) is 2.41. The molecule has 2 rings (SSSR count). The van der Waals surface area contributed by atoms with Crippen molar-refractivity contribution in [3.63, 3.8) is 0 Å². The number of carbonyl (C=O) groups is 2. The van der Waals surface area contributed by atoms with Crippen molar-refractivity contribution in [1.82, 2.24) is 5.32 Å². The number of nitrogens with one attached hydrogen (secondary N) is 1. The maximum Gasteiger partial charge on any atom is 0.252 e. The van der Waals surface area contributed by atoms with E-state index in [9.17, 15) is 9.59 Å². The van der Waals surface area contributed by atoms with E-state index in [0.717, 1.165) is 15.7 Å². The van der Waals surface area contributed by atoms with E-state index in [-0.39, 0.29) is 11.8 Å². The van der Waals surface area contributed by atoms with Crippen molar-refractivity contribution in [3.05, 3.63) is 28.2 Å². The first-order chi connectivity index (χ1) is 8.81. The minimum atomic E-state index is -0.867. The molecule has 1 heterocycles. The Balaban J connectivity index is 2.39. The largest absolute Gasteiger partial charge is 0.342 e. The molecule has 19 heavy (non-hydrogen) atoms. The summed E-state index contributed by atoms with van der Waals surface area (Å²) in [5, 5.41) is 2.75. The molecule has 1 aliphatic rings. The molecule has 1 fully saturated rings. The second-order valence-electron chi connectivity index (χ2n) is 5.31. The quantitative estimate of drug-likeness (QED) is 0.862. The zero-order chi connectivity index (χ0) is 14.2. The smallest absolute Gasteiger partial charge is 0.252 e. The van der Waals surface area contributed by atoms with E-state index < -0.39 is 5.54 Å². The molecular formula is C14H17BrN2O2. The van der Waals surface area contributed by atoms with E-state index in [1.54, 1.807) is 18.7 Å². The van der Waals surface area contributed by atoms with Crippen LogP contribution in [0.15, 0.2) is 22.7 Å². The van der Waals surface area contributed by atoms with Crippen LogP contribution in [-0.4, -0.2) is 23.9 Å². The third-order valence-electron chi connectivity index (χ3n) is 3.25. The molecule has 5 heteroatoms. The van der Waals surface area contributed by atoms with Gasteiger partial charge in [-0.2, -0.15) is 0 Å². The fraction of sp³-hybridized carbons (Fsp3) is 0.429. The summed E-state index contributed by atoms with van der Waals surface area (Å²) in [5.41, 5.74) is 1.02. The van der Waals surface area contributed by atoms with Gasteiger partial charge in [0.1, 0.15) is 5.54 Å². The summed E-state index contributed by atoms with van der Waals surface area (Å²) in [7, 11) is 0. The molecular weight excluding hydrogens is 308 g/mol. The van der Waals surface area contributed by atoms with Crippen LogP contribution in [0, 0.1) is 6.92 Å². The maximum atomic E-state index is 12.5. The first-order valence-electron chi connectivity index (χ1n) is 6.20. The second-order valence-corrected chi connectivity index (χ2v) is 6.17. The molecule has 1 aromatic carbocycles. The number of anilines is 1. The zero-order valence-electron chi connectivity index (χ0n) is 11.3. The Morgan fingerprint density at radius 2 is 2.00 bits per heavy atom. The molecule has 4 nitrogen and oxygen atoms in total. The van der Waals surface area contributed by atoms with E-state index in [0.29, 0.717) is 13.0 Å². The lowest BCUT2D eigenvalue weighted by Crippen LogP contribution is -2.53. The molecule has 1 aromatic rings. The van der Waals surface area contributed by atoms with Crippen LogP contribution >= 0.6 is 15.9 Å². The van der Waals surface area contributed by atoms with E-state index in [2.05, 4.69) is 21.2 Å². The summed E-state index contributed by atoms with van der Waals surface area (Å²) in [4.78, 5) is 25.8. The number of hydrogen-bond donors (Lipinski definition) is 1. The van der Waals surface area contributed by atoms with Gasteiger partial charge in [-0.05, 0) is 44.5 Å². The molecule has 0 radical (unpaired) electrons. The molecule has 0 aliphatic carbocycles. The van der Waals surface area contributed by atoms with Gasteiger partial charge >= 0.3 is 0 Å². The SMILES string of the molecule is Cc1cc(N2CCC(=O)NC(C)(C)C2=O)ccc1Br. The predicted molar refractivity (Wildman–Crippen MR) is 78.1 cm³/mol. The molecule has 0 aromatic heterocycles. The number of halogens is 1. The average molecular weight is 325 g/mol. The van der Waals surface area contributed by atoms with E-state index in [1.807, 2.05) is 25.1 Å². The van der Waals surface area contributed by atoms with Gasteiger partial charge < -0.3 is 10.2 Å². The molecule has 0 unspecified atom stereocenters. The highest BCUT2D eigenvalue weighted by Gasteiger charge is 2.37. The van der Waals surface area contributed by atoms with Crippen molar-refractivity contribution < 1.29 is 9.59 Å². The first kappa shape index (κ1) is 14.1. The van der Waals surface area contributed by atoms with Gasteiger partial charge in [0.25, 0.3) is 5.91 Å². The van der Waals surface area contributed by atoms with Gasteiger partial charge in [-0.1, -0.05) is 15.9 Å². The highest BCUT2D eigenvalue weighted by Crippen LogP contribution is 2.26. The fourth-order valence-electron chi connectivity index (χ4n) is 2.16. The van der Waals surface area contributed by atoms with Crippen LogP contribution < -0.4 is 10.2 Å². The van der Waals surface area contributed by atoms with Crippen molar-refractivity contribution in [2.45, 2.75) is 32.7 Å². The minimum Gasteiger partial charge on any atom is -0.342 e. The lowest BCUT2D eigenvalue weighted by molar-refractivity contribution is -0.128. The Kier molecular flexibility index (Phi) is 3.67. The van der Waals surface area contributed by atoms with Crippen LogP contribution in [-0.2, 0) is 9.59 Å². The molecule has 0 saturated carbocycles. The fourth-order valence-corrected chi connectivity index (χ4v) is 2.41. The van der Waals surface area contributed by atoms with Gasteiger partial charge in [-0.3, -0.25) is 9.59 Å². The van der Waals surface area contributed by atoms with Crippen LogP contribution in [0.3, 0.4) is 0 Å². The van der Waals surface area contributed by atoms with Crippen molar-refractivity contribution in [1.29, 1.82) is 0 Å². The standard InChI is InChI=1S/C14H17BrN2O2/c1-9-8-10(4-5-11(9)15)17-7-6-12(18)16-14(2,3)13(17)19/h4-5,8H,6-7H2,1-3H3,(H,16,18). The van der Waals surface area contributed by atoms with Gasteiger partial charge in [0.2, 0.25) is 5.91 Å². The van der Waals surface area contributed by atoms with Crippen LogP contribution in [0.2, 0.25) is 0 Å². The Hall–Kier alpha value is -1.36. The molecule has 1 saturated heterocycles. The van der Waals surface area contributed by atoms with Gasteiger partial charge in [0.15, 0.2) is 0 Å². The topological polar surface area (TPSA) is 49.4 Å². The molecule has 2 amide bonds. The number of rotatable bonds is 1. The van der Waals surface area contributed by atoms with E-state index in [1.165, 1.54) is 0 Å². The Morgan fingerprint density at radius 1 is 1.32 bits per heavy atom. The number of nitrogens with zero attached hydrogens (tertiary/aromatic N) is 1. The Bertz CT molecular complexity index is 540. The Labute approximate surface area is 121 Å². The van der Waals surface area contributed by atoms with E-state index in [4.69, 9.17) is 0 Å². The molecule has 0 spiro atoms. The summed E-state index contributed by atoms with van der Waals surface area (Å²) in [6, 6.07) is 5.76. The third-order valence-corrected chi connectivity index (χ3v) is 4.14. The second kappa shape index (κ2) is 4.96. The predicted octanol–water partition coefficient (Wildman–Crippen LogP) is 2.39. The summed E-state index contributed by atoms with van der Waals surface area (Å²) >= 11 is 3.45. The van der Waals surface area contributed by atoms with Gasteiger partial charge in [-0.25, -0.2) is 0 Å².